The van der Waals surface area contributed by atoms with Crippen molar-refractivity contribution in [2.75, 3.05) is 26.8 Å². The summed E-state index contributed by atoms with van der Waals surface area (Å²) in [6.07, 6.45) is -2.07. The maximum atomic E-state index is 13.7. The zero-order valence-corrected chi connectivity index (χ0v) is 21.7. The molecule has 1 saturated carbocycles. The van der Waals surface area contributed by atoms with Crippen molar-refractivity contribution in [3.05, 3.63) is 34.9 Å². The predicted octanol–water partition coefficient (Wildman–Crippen LogP) is 2.17. The van der Waals surface area contributed by atoms with E-state index >= 15 is 0 Å². The number of alkyl halides is 3. The maximum Gasteiger partial charge on any atom is 0.406 e. The molecule has 4 N–H and O–H groups in total. The molecule has 0 spiro atoms. The van der Waals surface area contributed by atoms with Crippen LogP contribution in [-0.2, 0) is 16.2 Å². The van der Waals surface area contributed by atoms with Crippen LogP contribution >= 0.6 is 0 Å². The number of benzene rings is 1. The molecule has 1 aliphatic heterocycles. The third-order valence-electron chi connectivity index (χ3n) is 7.77. The predicted molar refractivity (Wildman–Crippen MR) is 133 cm³/mol. The van der Waals surface area contributed by atoms with E-state index in [1.807, 2.05) is 0 Å². The Kier molecular flexibility index (Phi) is 9.07. The van der Waals surface area contributed by atoms with Gasteiger partial charge in [0.2, 0.25) is 11.8 Å². The molecule has 4 atom stereocenters. The summed E-state index contributed by atoms with van der Waals surface area (Å²) in [5.74, 6) is -1.65. The van der Waals surface area contributed by atoms with Gasteiger partial charge in [0.25, 0.3) is 0 Å². The lowest BCUT2D eigenvalue weighted by Gasteiger charge is -2.41. The number of methoxy groups -OCH3 is 1. The van der Waals surface area contributed by atoms with Gasteiger partial charge in [-0.3, -0.25) is 9.59 Å². The molecule has 3 aliphatic rings. The first-order chi connectivity index (χ1) is 18.6. The molecule has 216 valence electrons. The highest BCUT2D eigenvalue weighted by molar-refractivity contribution is 5.96. The zero-order valence-electron chi connectivity index (χ0n) is 21.7. The summed E-state index contributed by atoms with van der Waals surface area (Å²) in [4.78, 5) is 27.0. The van der Waals surface area contributed by atoms with E-state index in [0.717, 1.165) is 25.7 Å². The summed E-state index contributed by atoms with van der Waals surface area (Å²) in [5, 5.41) is 32.8. The van der Waals surface area contributed by atoms with E-state index in [1.54, 1.807) is 6.07 Å². The molecule has 9 nitrogen and oxygen atoms in total. The van der Waals surface area contributed by atoms with Crippen LogP contribution in [0.2, 0.25) is 0 Å². The molecule has 4 unspecified atom stereocenters. The topological polar surface area (TPSA) is 129 Å². The number of hydrogen-bond donors (Lipinski definition) is 4. The molecular weight excluding hydrogens is 521 g/mol. The van der Waals surface area contributed by atoms with Crippen LogP contribution in [0.5, 0.6) is 11.5 Å². The maximum absolute atomic E-state index is 13.7. The van der Waals surface area contributed by atoms with Gasteiger partial charge in [-0.1, -0.05) is 25.7 Å². The van der Waals surface area contributed by atoms with E-state index in [9.17, 15) is 38.1 Å². The highest BCUT2D eigenvalue weighted by atomic mass is 19.4. The van der Waals surface area contributed by atoms with Crippen LogP contribution in [0, 0.1) is 5.92 Å². The lowest BCUT2D eigenvalue weighted by molar-refractivity contribution is -0.170. The van der Waals surface area contributed by atoms with Gasteiger partial charge in [0.05, 0.1) is 32.3 Å². The second-order valence-electron chi connectivity index (χ2n) is 10.3. The van der Waals surface area contributed by atoms with Crippen molar-refractivity contribution in [2.45, 2.75) is 75.5 Å². The van der Waals surface area contributed by atoms with Crippen molar-refractivity contribution in [1.29, 1.82) is 0 Å². The van der Waals surface area contributed by atoms with E-state index in [1.165, 1.54) is 19.3 Å². The van der Waals surface area contributed by atoms with Gasteiger partial charge < -0.3 is 35.0 Å². The van der Waals surface area contributed by atoms with Crippen LogP contribution in [0.15, 0.2) is 23.8 Å². The fraction of sp³-hybridized carbons (Fsp3) is 0.630. The molecule has 39 heavy (non-hydrogen) atoms. The third-order valence-corrected chi connectivity index (χ3v) is 7.77. The van der Waals surface area contributed by atoms with Crippen LogP contribution in [0.4, 0.5) is 13.2 Å². The van der Waals surface area contributed by atoms with E-state index in [2.05, 4.69) is 5.32 Å². The van der Waals surface area contributed by atoms with Crippen molar-refractivity contribution in [2.24, 2.45) is 5.92 Å². The lowest BCUT2D eigenvalue weighted by Crippen LogP contribution is -2.57. The molecule has 4 rings (SSSR count). The summed E-state index contributed by atoms with van der Waals surface area (Å²) < 4.78 is 52.5. The Morgan fingerprint density at radius 1 is 1.21 bits per heavy atom. The van der Waals surface area contributed by atoms with Gasteiger partial charge in [0, 0.05) is 24.1 Å². The van der Waals surface area contributed by atoms with Gasteiger partial charge in [-0.15, -0.1) is 0 Å². The number of rotatable bonds is 10. The molecule has 1 fully saturated rings. The van der Waals surface area contributed by atoms with Crippen molar-refractivity contribution in [3.8, 4) is 11.5 Å². The minimum Gasteiger partial charge on any atom is -0.493 e. The Balaban J connectivity index is 1.74. The highest BCUT2D eigenvalue weighted by Gasteiger charge is 2.52. The molecule has 1 heterocycles. The molecule has 0 saturated heterocycles. The summed E-state index contributed by atoms with van der Waals surface area (Å²) >= 11 is 0. The van der Waals surface area contributed by atoms with Crippen LogP contribution in [0.1, 0.15) is 55.6 Å². The van der Waals surface area contributed by atoms with E-state index < -0.39 is 48.7 Å². The fourth-order valence-corrected chi connectivity index (χ4v) is 5.94. The average molecular weight is 557 g/mol. The van der Waals surface area contributed by atoms with Crippen LogP contribution in [0.25, 0.3) is 0 Å². The Hall–Kier alpha value is -2.83. The summed E-state index contributed by atoms with van der Waals surface area (Å²) in [7, 11) is 1.38. The van der Waals surface area contributed by atoms with Gasteiger partial charge in [-0.05, 0) is 36.1 Å². The Bertz CT molecular complexity index is 1090. The Morgan fingerprint density at radius 3 is 2.54 bits per heavy atom. The minimum absolute atomic E-state index is 0.00425. The molecule has 0 radical (unpaired) electrons. The van der Waals surface area contributed by atoms with Gasteiger partial charge >= 0.3 is 6.18 Å². The fourth-order valence-electron chi connectivity index (χ4n) is 5.94. The first-order valence-electron chi connectivity index (χ1n) is 13.2. The first-order valence-corrected chi connectivity index (χ1v) is 13.2. The number of carbonyl (C=O) groups excluding carboxylic acids is 2. The smallest absolute Gasteiger partial charge is 0.406 e. The molecular formula is C27H35F3N2O7. The number of aliphatic hydroxyl groups excluding tert-OH is 3. The second-order valence-corrected chi connectivity index (χ2v) is 10.3. The number of ether oxygens (including phenoxy) is 2. The van der Waals surface area contributed by atoms with Crippen LogP contribution < -0.4 is 14.8 Å². The van der Waals surface area contributed by atoms with Crippen molar-refractivity contribution < 1.29 is 47.6 Å². The number of fused-ring (bicyclic) bond motifs is 3. The summed E-state index contributed by atoms with van der Waals surface area (Å²) in [6.45, 7) is -2.42. The quantitative estimate of drug-likeness (QED) is 0.348. The first kappa shape index (κ1) is 29.2. The Labute approximate surface area is 224 Å². The van der Waals surface area contributed by atoms with Gasteiger partial charge in [-0.2, -0.15) is 13.2 Å². The molecule has 1 aromatic rings. The zero-order chi connectivity index (χ0) is 28.3. The van der Waals surface area contributed by atoms with Crippen molar-refractivity contribution in [1.82, 2.24) is 10.2 Å². The lowest BCUT2D eigenvalue weighted by atomic mass is 9.77. The number of amides is 2. The normalized spacial score (nSPS) is 24.4. The number of nitrogens with one attached hydrogen (secondary N) is 1. The van der Waals surface area contributed by atoms with Gasteiger partial charge in [0.1, 0.15) is 18.8 Å². The van der Waals surface area contributed by atoms with Crippen molar-refractivity contribution >= 4 is 11.8 Å². The van der Waals surface area contributed by atoms with Gasteiger partial charge in [-0.25, -0.2) is 0 Å². The number of nitrogens with zero attached hydrogens (tertiary/aromatic N) is 1. The SMILES string of the molecule is COc1cc(CO)cc2c1OC1C2C(C(=O)NCCO)=CC(N(CC(F)(F)F)C(=O)CCC2CCCC2)C1O. The summed E-state index contributed by atoms with van der Waals surface area (Å²) in [5.41, 5.74) is 0.860. The third kappa shape index (κ3) is 6.33. The monoisotopic (exact) mass is 556 g/mol. The largest absolute Gasteiger partial charge is 0.493 e. The molecule has 1 aromatic carbocycles. The number of aliphatic hydroxyl groups is 3. The van der Waals surface area contributed by atoms with Crippen LogP contribution in [0.3, 0.4) is 0 Å². The number of halogens is 3. The van der Waals surface area contributed by atoms with E-state index in [4.69, 9.17) is 9.47 Å². The standard InChI is InChI=1S/C27H35F3N2O7/c1-38-20-11-16(13-34)10-17-22-18(26(37)31-8-9-33)12-19(23(36)25(22)39-24(17)20)32(14-27(28,29)30)21(35)7-6-15-4-2-3-5-15/h10-12,15,19,22-23,25,33-34,36H,2-9,13-14H2,1H3,(H,31,37). The minimum atomic E-state index is -4.74. The molecule has 12 heteroatoms. The van der Waals surface area contributed by atoms with Gasteiger partial charge in [0.15, 0.2) is 11.5 Å². The average Bonchev–Trinajstić information content (AvgIpc) is 3.57. The van der Waals surface area contributed by atoms with Crippen molar-refractivity contribution in [3.63, 3.8) is 0 Å². The highest BCUT2D eigenvalue weighted by Crippen LogP contribution is 2.51. The number of hydrogen-bond acceptors (Lipinski definition) is 7. The summed E-state index contributed by atoms with van der Waals surface area (Å²) in [6, 6.07) is 1.62. The number of carbonyl (C=O) groups is 2. The van der Waals surface area contributed by atoms with E-state index in [0.29, 0.717) is 22.4 Å². The van der Waals surface area contributed by atoms with E-state index in [-0.39, 0.29) is 49.2 Å². The second kappa shape index (κ2) is 12.1. The molecule has 0 bridgehead atoms. The Morgan fingerprint density at radius 2 is 1.92 bits per heavy atom. The van der Waals surface area contributed by atoms with Crippen LogP contribution in [-0.4, -0.2) is 83.3 Å². The molecule has 2 aliphatic carbocycles. The molecule has 2 amide bonds. The molecule has 0 aromatic heterocycles.